The number of fused-ring (bicyclic) bond motifs is 4. The number of nitrogens with one attached hydrogen (secondary N) is 6. The number of esters is 2. The maximum Gasteiger partial charge on any atom is 0.308 e. The van der Waals surface area contributed by atoms with E-state index in [4.69, 9.17) is 51.6 Å². The predicted octanol–water partition coefficient (Wildman–Crippen LogP) is 9.80. The lowest BCUT2D eigenvalue weighted by Gasteiger charge is -2.41. The molecule has 8 N–H and O–H groups in total. The number of H-pyrrole nitrogens is 2. The van der Waals surface area contributed by atoms with Crippen LogP contribution >= 0.6 is 23.2 Å². The molecule has 0 unspecified atom stereocenters. The Bertz CT molecular complexity index is 3390. The number of halogens is 2. The molecule has 0 saturated carbocycles. The highest BCUT2D eigenvalue weighted by Crippen LogP contribution is 2.41. The van der Waals surface area contributed by atoms with Gasteiger partial charge in [0, 0.05) is 82.7 Å². The summed E-state index contributed by atoms with van der Waals surface area (Å²) in [6.07, 6.45) is 0.213. The number of ether oxygens (including phenoxy) is 6. The third kappa shape index (κ3) is 18.2. The number of rotatable bonds is 16. The van der Waals surface area contributed by atoms with Crippen molar-refractivity contribution in [2.75, 3.05) is 13.1 Å². The minimum absolute atomic E-state index is 0.0738. The number of amides is 4. The van der Waals surface area contributed by atoms with E-state index in [1.165, 1.54) is 0 Å². The Labute approximate surface area is 534 Å². The molecule has 2 saturated heterocycles. The van der Waals surface area contributed by atoms with Gasteiger partial charge in [-0.15, -0.1) is 0 Å². The minimum Gasteiger partial charge on any atom is -0.460 e. The van der Waals surface area contributed by atoms with Crippen LogP contribution in [0.1, 0.15) is 164 Å². The van der Waals surface area contributed by atoms with Gasteiger partial charge >= 0.3 is 11.9 Å². The summed E-state index contributed by atoms with van der Waals surface area (Å²) in [6, 6.07) is 28.3. The molecule has 0 bridgehead atoms. The Morgan fingerprint density at radius 2 is 0.911 bits per heavy atom. The molecule has 2 aliphatic heterocycles. The molecule has 0 radical (unpaired) electrons. The van der Waals surface area contributed by atoms with Crippen molar-refractivity contribution in [1.82, 2.24) is 31.2 Å². The number of aliphatic hydroxyl groups is 2. The summed E-state index contributed by atoms with van der Waals surface area (Å²) < 4.78 is 34.9. The number of benzene rings is 4. The van der Waals surface area contributed by atoms with Gasteiger partial charge in [0.15, 0.2) is 11.6 Å². The molecule has 4 heterocycles. The van der Waals surface area contributed by atoms with Gasteiger partial charge < -0.3 is 69.9 Å². The monoisotopic (exact) mass is 1280 g/mol. The fourth-order valence-corrected chi connectivity index (χ4v) is 13.1. The number of carbonyl (C=O) groups excluding carboxylic acids is 6. The third-order valence-corrected chi connectivity index (χ3v) is 16.4. The number of hydrogen-bond acceptors (Lipinski definition) is 14. The summed E-state index contributed by atoms with van der Waals surface area (Å²) in [5, 5.41) is 38.5. The van der Waals surface area contributed by atoms with Crippen LogP contribution in [-0.2, 0) is 71.6 Å². The van der Waals surface area contributed by atoms with Crippen molar-refractivity contribution >= 4 is 80.6 Å². The first-order chi connectivity index (χ1) is 42.1. The van der Waals surface area contributed by atoms with Crippen molar-refractivity contribution in [3.05, 3.63) is 141 Å². The summed E-state index contributed by atoms with van der Waals surface area (Å²) in [7, 11) is 0. The van der Waals surface area contributed by atoms with Gasteiger partial charge in [0.05, 0.1) is 50.1 Å². The van der Waals surface area contributed by atoms with E-state index in [1.54, 1.807) is 64.1 Å². The van der Waals surface area contributed by atoms with Crippen molar-refractivity contribution in [2.45, 2.75) is 204 Å². The second kappa shape index (κ2) is 27.1. The number of aromatic nitrogens is 2. The lowest BCUT2D eigenvalue weighted by Crippen LogP contribution is -2.50. The van der Waals surface area contributed by atoms with Crippen LogP contribution in [-0.4, -0.2) is 128 Å². The van der Waals surface area contributed by atoms with Crippen molar-refractivity contribution in [1.29, 1.82) is 0 Å². The SMILES string of the molecule is CC(C)(C)OC(=O)C[C@H]1C[C@@H](CNC(=O)C[C@@]2(O)C[C@H](NC(=O)c3cc4cc(Cl)ccc4[nH]3)Cc3ccccc32)OC(C)(C)O1.CC(C)(C)OC(=O)C[C@H]1C[C@@H](CNC(=O)C[C@]2(O)C[C@@H](NC(=O)c3cc4cc(Cl)ccc4[nH]3)Cc3ccccc32)OC(C)(C)O1. The fourth-order valence-electron chi connectivity index (χ4n) is 12.7. The molecule has 4 aromatic carbocycles. The van der Waals surface area contributed by atoms with E-state index >= 15 is 0 Å². The van der Waals surface area contributed by atoms with Crippen LogP contribution in [0.5, 0.6) is 0 Å². The van der Waals surface area contributed by atoms with Crippen molar-refractivity contribution in [3.8, 4) is 0 Å². The van der Waals surface area contributed by atoms with Crippen LogP contribution < -0.4 is 21.3 Å². The van der Waals surface area contributed by atoms with Crippen molar-refractivity contribution in [2.24, 2.45) is 0 Å². The molecule has 20 nitrogen and oxygen atoms in total. The van der Waals surface area contributed by atoms with Gasteiger partial charge in [-0.3, -0.25) is 28.8 Å². The van der Waals surface area contributed by atoms with Crippen LogP contribution in [0.4, 0.5) is 0 Å². The average molecular weight is 1280 g/mol. The maximum atomic E-state index is 13.3. The highest BCUT2D eigenvalue weighted by Gasteiger charge is 2.44. The lowest BCUT2D eigenvalue weighted by molar-refractivity contribution is -0.299. The Morgan fingerprint density at radius 1 is 0.544 bits per heavy atom. The van der Waals surface area contributed by atoms with Crippen molar-refractivity contribution < 1.29 is 67.4 Å². The molecule has 2 fully saturated rings. The molecular weight excluding hydrogens is 1200 g/mol. The predicted molar refractivity (Wildman–Crippen MR) is 340 cm³/mol. The molecule has 0 spiro atoms. The summed E-state index contributed by atoms with van der Waals surface area (Å²) in [5.74, 6) is -3.96. The highest BCUT2D eigenvalue weighted by atomic mass is 35.5. The molecule has 484 valence electrons. The Balaban J connectivity index is 0.000000213. The number of aromatic amines is 2. The zero-order valence-electron chi connectivity index (χ0n) is 52.7. The highest BCUT2D eigenvalue weighted by molar-refractivity contribution is 6.31. The fraction of sp³-hybridized carbons (Fsp3) is 0.500. The smallest absolute Gasteiger partial charge is 0.308 e. The van der Waals surface area contributed by atoms with Crippen LogP contribution in [0.15, 0.2) is 97.1 Å². The second-order valence-corrected chi connectivity index (χ2v) is 28.0. The molecule has 2 aromatic heterocycles. The second-order valence-electron chi connectivity index (χ2n) is 27.1. The third-order valence-electron chi connectivity index (χ3n) is 15.9. The molecule has 4 aliphatic rings. The van der Waals surface area contributed by atoms with Gasteiger partial charge in [-0.2, -0.15) is 0 Å². The standard InChI is InChI=1S/2C34H42ClN3O7/c2*1-32(2,3)45-30(40)16-24-15-25(44-33(4,5)43-24)19-36-29(39)18-34(42)17-23(13-20-8-6-7-9-26(20)34)37-31(41)28-14-21-12-22(35)10-11-27(21)38-28/h2*6-12,14,23-25,38,42H,13,15-19H2,1-5H3,(H,36,39)(H,37,41)/t23-,24+,25-,34+;23-,24-,25+,34+/m01/s1. The van der Waals surface area contributed by atoms with E-state index in [1.807, 2.05) is 102 Å². The normalized spacial score (nSPS) is 24.5. The van der Waals surface area contributed by atoms with Gasteiger partial charge in [0.2, 0.25) is 11.8 Å². The first-order valence-corrected chi connectivity index (χ1v) is 31.4. The maximum absolute atomic E-state index is 13.3. The van der Waals surface area contributed by atoms with E-state index in [-0.39, 0.29) is 87.2 Å². The Hall–Kier alpha value is -6.88. The molecule has 4 amide bonds. The topological polar surface area (TPSA) is 278 Å². The molecule has 10 rings (SSSR count). The van der Waals surface area contributed by atoms with E-state index < -0.39 is 70.5 Å². The van der Waals surface area contributed by atoms with Gasteiger partial charge in [0.25, 0.3) is 11.8 Å². The molecule has 22 heteroatoms. The van der Waals surface area contributed by atoms with E-state index in [9.17, 15) is 39.0 Å². The zero-order valence-corrected chi connectivity index (χ0v) is 54.2. The van der Waals surface area contributed by atoms with E-state index in [2.05, 4.69) is 31.2 Å². The molecule has 90 heavy (non-hydrogen) atoms. The Kier molecular flexibility index (Phi) is 20.4. The molecular formula is C68H84Cl2N6O14. The van der Waals surface area contributed by atoms with E-state index in [0.717, 1.165) is 32.9 Å². The van der Waals surface area contributed by atoms with Crippen LogP contribution in [0.2, 0.25) is 10.0 Å². The summed E-state index contributed by atoms with van der Waals surface area (Å²) in [6.45, 7) is 18.3. The van der Waals surface area contributed by atoms with Crippen LogP contribution in [0.25, 0.3) is 21.8 Å². The molecule has 2 aliphatic carbocycles. The average Bonchev–Trinajstić information content (AvgIpc) is 1.01. The van der Waals surface area contributed by atoms with E-state index in [0.29, 0.717) is 58.2 Å². The van der Waals surface area contributed by atoms with Crippen LogP contribution in [0, 0.1) is 0 Å². The number of carbonyl (C=O) groups is 6. The number of hydrogen-bond donors (Lipinski definition) is 8. The van der Waals surface area contributed by atoms with Gasteiger partial charge in [-0.25, -0.2) is 0 Å². The zero-order chi connectivity index (χ0) is 65.1. The molecule has 6 aromatic rings. The summed E-state index contributed by atoms with van der Waals surface area (Å²) in [4.78, 5) is 84.1. The summed E-state index contributed by atoms with van der Waals surface area (Å²) in [5.41, 5.74) is 1.23. The lowest BCUT2D eigenvalue weighted by atomic mass is 9.74. The Morgan fingerprint density at radius 3 is 1.29 bits per heavy atom. The summed E-state index contributed by atoms with van der Waals surface area (Å²) >= 11 is 12.2. The minimum atomic E-state index is -1.50. The molecule has 8 atom stereocenters. The van der Waals surface area contributed by atoms with Crippen molar-refractivity contribution in [3.63, 3.8) is 0 Å². The van der Waals surface area contributed by atoms with Gasteiger partial charge in [-0.05, 0) is 153 Å². The first kappa shape index (κ1) is 67.5. The van der Waals surface area contributed by atoms with Gasteiger partial charge in [0.1, 0.15) is 33.8 Å². The van der Waals surface area contributed by atoms with Gasteiger partial charge in [-0.1, -0.05) is 71.7 Å². The first-order valence-electron chi connectivity index (χ1n) is 30.6. The van der Waals surface area contributed by atoms with Crippen LogP contribution in [0.3, 0.4) is 0 Å². The largest absolute Gasteiger partial charge is 0.460 e. The quantitative estimate of drug-likeness (QED) is 0.0419.